The van der Waals surface area contributed by atoms with Gasteiger partial charge in [0.15, 0.2) is 11.2 Å². The van der Waals surface area contributed by atoms with E-state index in [1.807, 2.05) is 0 Å². The van der Waals surface area contributed by atoms with E-state index in [-0.39, 0.29) is 11.2 Å². The first-order valence-electron chi connectivity index (χ1n) is 8.02. The number of rotatable bonds is 4. The van der Waals surface area contributed by atoms with Gasteiger partial charge in [-0.1, -0.05) is 0 Å². The molecule has 10 heteroatoms. The molecule has 10 nitrogen and oxygen atoms in total. The number of H-pyrrole nitrogens is 1. The third-order valence-electron chi connectivity index (χ3n) is 4.42. The summed E-state index contributed by atoms with van der Waals surface area (Å²) >= 11 is 0. The summed E-state index contributed by atoms with van der Waals surface area (Å²) in [4.78, 5) is 45.2. The minimum Gasteiger partial charge on any atom is -0.467 e. The number of nitrogens with zero attached hydrogens (tertiary/aromatic N) is 4. The average molecular weight is 351 g/mol. The fraction of sp³-hybridized carbons (Fsp3) is 0.600. The van der Waals surface area contributed by atoms with Gasteiger partial charge in [-0.15, -0.1) is 0 Å². The Hall–Kier alpha value is -2.46. The Morgan fingerprint density at radius 1 is 1.36 bits per heavy atom. The predicted molar refractivity (Wildman–Crippen MR) is 88.4 cm³/mol. The van der Waals surface area contributed by atoms with Gasteiger partial charge in [-0.25, -0.2) is 14.6 Å². The molecule has 0 saturated carbocycles. The Morgan fingerprint density at radius 2 is 2.04 bits per heavy atom. The Kier molecular flexibility index (Phi) is 4.73. The number of hydrogen-bond acceptors (Lipinski definition) is 7. The normalized spacial score (nSPS) is 16.9. The van der Waals surface area contributed by atoms with Crippen LogP contribution < -0.4 is 11.2 Å². The van der Waals surface area contributed by atoms with Gasteiger partial charge in [-0.2, -0.15) is 0 Å². The Morgan fingerprint density at radius 3 is 2.68 bits per heavy atom. The number of fused-ring (bicyclic) bond motifs is 1. The van der Waals surface area contributed by atoms with Gasteiger partial charge in [-0.05, 0) is 6.92 Å². The van der Waals surface area contributed by atoms with E-state index in [2.05, 4.69) is 14.9 Å². The molecule has 1 saturated heterocycles. The number of aryl methyl sites for hydroxylation is 1. The molecule has 1 aliphatic rings. The van der Waals surface area contributed by atoms with Crippen molar-refractivity contribution in [3.63, 3.8) is 0 Å². The Bertz CT molecular complexity index is 905. The summed E-state index contributed by atoms with van der Waals surface area (Å²) in [5.41, 5.74) is -0.698. The van der Waals surface area contributed by atoms with Gasteiger partial charge in [-0.3, -0.25) is 19.2 Å². The zero-order valence-corrected chi connectivity index (χ0v) is 14.4. The van der Waals surface area contributed by atoms with Gasteiger partial charge in [0.1, 0.15) is 11.9 Å². The van der Waals surface area contributed by atoms with Crippen molar-refractivity contribution in [1.82, 2.24) is 24.0 Å². The molecule has 2 aromatic rings. The largest absolute Gasteiger partial charge is 0.467 e. The van der Waals surface area contributed by atoms with Crippen LogP contribution in [0.2, 0.25) is 0 Å². The van der Waals surface area contributed by atoms with Gasteiger partial charge in [0, 0.05) is 20.1 Å². The van der Waals surface area contributed by atoms with Crippen LogP contribution in [0.25, 0.3) is 11.2 Å². The van der Waals surface area contributed by atoms with E-state index in [1.165, 1.54) is 18.7 Å². The summed E-state index contributed by atoms with van der Waals surface area (Å²) in [7, 11) is 2.82. The lowest BCUT2D eigenvalue weighted by atomic mass is 10.3. The lowest BCUT2D eigenvalue weighted by molar-refractivity contribution is -0.144. The molecular formula is C15H21N5O5. The second-order valence-corrected chi connectivity index (χ2v) is 5.98. The number of nitrogens with one attached hydrogen (secondary N) is 1. The monoisotopic (exact) mass is 351 g/mol. The molecule has 3 heterocycles. The van der Waals surface area contributed by atoms with Crippen molar-refractivity contribution < 1.29 is 14.3 Å². The Balaban J connectivity index is 2.18. The minimum atomic E-state index is -0.746. The van der Waals surface area contributed by atoms with Crippen LogP contribution in [0, 0.1) is 0 Å². The maximum atomic E-state index is 12.4. The van der Waals surface area contributed by atoms with Crippen LogP contribution in [0.5, 0.6) is 0 Å². The lowest BCUT2D eigenvalue weighted by Crippen LogP contribution is -2.37. The quantitative estimate of drug-likeness (QED) is 0.703. The number of carbonyl (C=O) groups is 1. The summed E-state index contributed by atoms with van der Waals surface area (Å²) in [6.07, 6.45) is 0. The molecule has 1 fully saturated rings. The summed E-state index contributed by atoms with van der Waals surface area (Å²) in [5, 5.41) is 0. The van der Waals surface area contributed by atoms with E-state index in [0.717, 1.165) is 13.1 Å². The summed E-state index contributed by atoms with van der Waals surface area (Å²) in [6.45, 7) is 4.77. The zero-order valence-electron chi connectivity index (χ0n) is 14.4. The molecular weight excluding hydrogens is 330 g/mol. The third-order valence-corrected chi connectivity index (χ3v) is 4.42. The molecule has 0 radical (unpaired) electrons. The van der Waals surface area contributed by atoms with Gasteiger partial charge >= 0.3 is 11.7 Å². The molecule has 0 bridgehead atoms. The fourth-order valence-electron chi connectivity index (χ4n) is 3.01. The van der Waals surface area contributed by atoms with Crippen molar-refractivity contribution in [1.29, 1.82) is 0 Å². The highest BCUT2D eigenvalue weighted by atomic mass is 16.5. The van der Waals surface area contributed by atoms with Crippen LogP contribution in [-0.4, -0.2) is 63.4 Å². The second kappa shape index (κ2) is 6.81. The first-order chi connectivity index (χ1) is 11.9. The van der Waals surface area contributed by atoms with Crippen LogP contribution in [0.15, 0.2) is 9.59 Å². The molecule has 1 N–H and O–H groups in total. The van der Waals surface area contributed by atoms with Gasteiger partial charge in [0.05, 0.1) is 26.9 Å². The number of aromatic nitrogens is 4. The van der Waals surface area contributed by atoms with Crippen LogP contribution in [0.4, 0.5) is 0 Å². The number of morpholine rings is 1. The lowest BCUT2D eigenvalue weighted by Gasteiger charge is -2.26. The summed E-state index contributed by atoms with van der Waals surface area (Å²) in [5.74, 6) is 0.0391. The molecule has 136 valence electrons. The van der Waals surface area contributed by atoms with Crippen LogP contribution >= 0.6 is 0 Å². The van der Waals surface area contributed by atoms with Crippen LogP contribution in [0.1, 0.15) is 18.8 Å². The standard InChI is InChI=1S/C15H21N5O5/c1-9(14(22)24-3)20-10(8-19-4-6-25-7-5-19)16-12-11(20)13(21)17-15(23)18(12)2/h9H,4-8H2,1-3H3,(H,17,21,23)/t9-/m0/s1. The molecule has 2 aromatic heterocycles. The summed E-state index contributed by atoms with van der Waals surface area (Å²) in [6, 6.07) is -0.746. The minimum absolute atomic E-state index is 0.184. The highest BCUT2D eigenvalue weighted by molar-refractivity contribution is 5.78. The van der Waals surface area contributed by atoms with E-state index in [1.54, 1.807) is 11.5 Å². The molecule has 0 aromatic carbocycles. The van der Waals surface area contributed by atoms with E-state index in [0.29, 0.717) is 25.6 Å². The fourth-order valence-corrected chi connectivity index (χ4v) is 3.01. The van der Waals surface area contributed by atoms with Crippen molar-refractivity contribution in [2.24, 2.45) is 7.05 Å². The highest BCUT2D eigenvalue weighted by Gasteiger charge is 2.26. The van der Waals surface area contributed by atoms with Gasteiger partial charge in [0.2, 0.25) is 0 Å². The number of carbonyl (C=O) groups excluding carboxylic acids is 1. The number of methoxy groups -OCH3 is 1. The molecule has 0 amide bonds. The molecule has 1 aliphatic heterocycles. The molecule has 3 rings (SSSR count). The summed E-state index contributed by atoms with van der Waals surface area (Å²) < 4.78 is 13.0. The first kappa shape index (κ1) is 17.4. The van der Waals surface area contributed by atoms with E-state index in [9.17, 15) is 14.4 Å². The molecule has 25 heavy (non-hydrogen) atoms. The van der Waals surface area contributed by atoms with Crippen molar-refractivity contribution in [3.8, 4) is 0 Å². The van der Waals surface area contributed by atoms with E-state index < -0.39 is 23.3 Å². The SMILES string of the molecule is COC(=O)[C@H](C)n1c(CN2CCOCC2)nc2c1c(=O)[nH]c(=O)n2C. The molecule has 0 aliphatic carbocycles. The number of aromatic amines is 1. The maximum absolute atomic E-state index is 12.4. The smallest absolute Gasteiger partial charge is 0.329 e. The van der Waals surface area contributed by atoms with Gasteiger partial charge in [0.25, 0.3) is 5.56 Å². The molecule has 1 atom stereocenters. The van der Waals surface area contributed by atoms with Crippen molar-refractivity contribution in [3.05, 3.63) is 26.7 Å². The number of hydrogen-bond donors (Lipinski definition) is 1. The third kappa shape index (κ3) is 3.10. The van der Waals surface area contributed by atoms with E-state index in [4.69, 9.17) is 9.47 Å². The second-order valence-electron chi connectivity index (χ2n) is 5.98. The average Bonchev–Trinajstić information content (AvgIpc) is 2.99. The van der Waals surface area contributed by atoms with Crippen molar-refractivity contribution in [2.75, 3.05) is 33.4 Å². The van der Waals surface area contributed by atoms with Crippen molar-refractivity contribution >= 4 is 17.1 Å². The number of ether oxygens (including phenoxy) is 2. The number of esters is 1. The van der Waals surface area contributed by atoms with Crippen LogP contribution in [-0.2, 0) is 27.9 Å². The predicted octanol–water partition coefficient (Wildman–Crippen LogP) is -1.01. The van der Waals surface area contributed by atoms with E-state index >= 15 is 0 Å². The van der Waals surface area contributed by atoms with Crippen molar-refractivity contribution in [2.45, 2.75) is 19.5 Å². The Labute approximate surface area is 143 Å². The topological polar surface area (TPSA) is 111 Å². The number of imidazole rings is 1. The highest BCUT2D eigenvalue weighted by Crippen LogP contribution is 2.20. The first-order valence-corrected chi connectivity index (χ1v) is 8.02. The van der Waals surface area contributed by atoms with Crippen LogP contribution in [0.3, 0.4) is 0 Å². The van der Waals surface area contributed by atoms with Gasteiger partial charge < -0.3 is 14.0 Å². The maximum Gasteiger partial charge on any atom is 0.329 e. The zero-order chi connectivity index (χ0) is 18.1. The molecule has 0 spiro atoms. The molecule has 0 unspecified atom stereocenters.